The Hall–Kier alpha value is -1.39. The molecular weight excluding hydrogens is 206 g/mol. The zero-order chi connectivity index (χ0) is 12.1. The summed E-state index contributed by atoms with van der Waals surface area (Å²) in [5.41, 5.74) is 6.53. The van der Waals surface area contributed by atoms with Crippen molar-refractivity contribution in [3.05, 3.63) is 35.9 Å². The smallest absolute Gasteiger partial charge is 0.320 e. The zero-order valence-corrected chi connectivity index (χ0v) is 9.21. The second-order valence-corrected chi connectivity index (χ2v) is 3.96. The van der Waals surface area contributed by atoms with Gasteiger partial charge in [-0.1, -0.05) is 30.3 Å². The minimum atomic E-state index is -1.08. The summed E-state index contributed by atoms with van der Waals surface area (Å²) in [5.74, 6) is -1.55. The van der Waals surface area contributed by atoms with Gasteiger partial charge in [0.1, 0.15) is 6.04 Å². The molecule has 1 aromatic rings. The molecule has 0 fully saturated rings. The number of carboxylic acid groups (broad SMARTS) is 1. The maximum atomic E-state index is 10.8. The van der Waals surface area contributed by atoms with Crippen molar-refractivity contribution in [1.82, 2.24) is 0 Å². The van der Waals surface area contributed by atoms with Crippen molar-refractivity contribution in [3.63, 3.8) is 0 Å². The van der Waals surface area contributed by atoms with E-state index in [-0.39, 0.29) is 0 Å². The van der Waals surface area contributed by atoms with Crippen LogP contribution in [0.4, 0.5) is 0 Å². The van der Waals surface area contributed by atoms with Crippen LogP contribution in [-0.2, 0) is 11.2 Å². The van der Waals surface area contributed by atoms with Crippen LogP contribution >= 0.6 is 0 Å². The average Bonchev–Trinajstić information content (AvgIpc) is 2.26. The standard InChI is InChI=1S/C12H17NO3/c1-8(14)10(11(13)12(15)16)7-9-5-3-2-4-6-9/h2-6,8,10-11,14H,7,13H2,1H3,(H,15,16)/t8-,10+,11-/m1/s1. The molecule has 1 aromatic carbocycles. The highest BCUT2D eigenvalue weighted by molar-refractivity contribution is 5.73. The lowest BCUT2D eigenvalue weighted by Crippen LogP contribution is -2.44. The molecule has 0 aromatic heterocycles. The van der Waals surface area contributed by atoms with Gasteiger partial charge in [-0.25, -0.2) is 0 Å². The van der Waals surface area contributed by atoms with E-state index >= 15 is 0 Å². The highest BCUT2D eigenvalue weighted by atomic mass is 16.4. The molecule has 0 unspecified atom stereocenters. The van der Waals surface area contributed by atoms with E-state index in [1.807, 2.05) is 30.3 Å². The molecule has 0 amide bonds. The average molecular weight is 223 g/mol. The number of aliphatic carboxylic acids is 1. The molecule has 16 heavy (non-hydrogen) atoms. The molecule has 88 valence electrons. The van der Waals surface area contributed by atoms with E-state index in [4.69, 9.17) is 10.8 Å². The first-order valence-corrected chi connectivity index (χ1v) is 5.22. The van der Waals surface area contributed by atoms with E-state index in [0.29, 0.717) is 6.42 Å². The van der Waals surface area contributed by atoms with E-state index in [1.54, 1.807) is 6.92 Å². The fraction of sp³-hybridized carbons (Fsp3) is 0.417. The SMILES string of the molecule is C[C@@H](O)[C@H](Cc1ccccc1)[C@@H](N)C(=O)O. The number of aliphatic hydroxyl groups is 1. The Morgan fingerprint density at radius 3 is 2.38 bits per heavy atom. The van der Waals surface area contributed by atoms with E-state index in [1.165, 1.54) is 0 Å². The summed E-state index contributed by atoms with van der Waals surface area (Å²) < 4.78 is 0. The van der Waals surface area contributed by atoms with Gasteiger partial charge in [-0.3, -0.25) is 4.79 Å². The molecule has 0 aliphatic heterocycles. The van der Waals surface area contributed by atoms with E-state index in [9.17, 15) is 9.90 Å². The molecule has 0 saturated carbocycles. The van der Waals surface area contributed by atoms with Gasteiger partial charge in [-0.2, -0.15) is 0 Å². The third-order valence-electron chi connectivity index (χ3n) is 2.68. The third-order valence-corrected chi connectivity index (χ3v) is 2.68. The molecule has 4 N–H and O–H groups in total. The molecular formula is C12H17NO3. The van der Waals surface area contributed by atoms with Crippen LogP contribution in [0.3, 0.4) is 0 Å². The van der Waals surface area contributed by atoms with Crippen molar-refractivity contribution < 1.29 is 15.0 Å². The quantitative estimate of drug-likeness (QED) is 0.684. The van der Waals surface area contributed by atoms with Crippen LogP contribution in [0.15, 0.2) is 30.3 Å². The summed E-state index contributed by atoms with van der Waals surface area (Å²) in [4.78, 5) is 10.8. The predicted molar refractivity (Wildman–Crippen MR) is 60.9 cm³/mol. The summed E-state index contributed by atoms with van der Waals surface area (Å²) >= 11 is 0. The first-order chi connectivity index (χ1) is 7.52. The fourth-order valence-electron chi connectivity index (χ4n) is 1.67. The predicted octanol–water partition coefficient (Wildman–Crippen LogP) is 0.638. The van der Waals surface area contributed by atoms with Crippen molar-refractivity contribution in [2.24, 2.45) is 11.7 Å². The van der Waals surface area contributed by atoms with Crippen molar-refractivity contribution in [1.29, 1.82) is 0 Å². The Kier molecular flexibility index (Phi) is 4.46. The fourth-order valence-corrected chi connectivity index (χ4v) is 1.67. The Labute approximate surface area is 94.7 Å². The molecule has 4 nitrogen and oxygen atoms in total. The summed E-state index contributed by atoms with van der Waals surface area (Å²) in [6, 6.07) is 8.38. The third kappa shape index (κ3) is 3.32. The zero-order valence-electron chi connectivity index (χ0n) is 9.21. The molecule has 0 bridgehead atoms. The van der Waals surface area contributed by atoms with Crippen molar-refractivity contribution in [3.8, 4) is 0 Å². The summed E-state index contributed by atoms with van der Waals surface area (Å²) in [5, 5.41) is 18.4. The van der Waals surface area contributed by atoms with Crippen LogP contribution in [0.2, 0.25) is 0 Å². The second kappa shape index (κ2) is 5.63. The number of hydrogen-bond acceptors (Lipinski definition) is 3. The molecule has 0 heterocycles. The number of rotatable bonds is 5. The van der Waals surface area contributed by atoms with E-state index in [2.05, 4.69) is 0 Å². The Morgan fingerprint density at radius 1 is 1.38 bits per heavy atom. The van der Waals surface area contributed by atoms with Crippen LogP contribution in [0.1, 0.15) is 12.5 Å². The van der Waals surface area contributed by atoms with Crippen LogP contribution < -0.4 is 5.73 Å². The lowest BCUT2D eigenvalue weighted by Gasteiger charge is -2.23. The molecule has 0 radical (unpaired) electrons. The summed E-state index contributed by atoms with van der Waals surface area (Å²) in [6.07, 6.45) is -0.280. The molecule has 4 heteroatoms. The minimum absolute atomic E-state index is 0.464. The van der Waals surface area contributed by atoms with Gasteiger partial charge >= 0.3 is 5.97 Å². The molecule has 0 saturated heterocycles. The molecule has 1 rings (SSSR count). The van der Waals surface area contributed by atoms with Gasteiger partial charge in [0.25, 0.3) is 0 Å². The number of hydrogen-bond donors (Lipinski definition) is 3. The van der Waals surface area contributed by atoms with Crippen molar-refractivity contribution in [2.75, 3.05) is 0 Å². The summed E-state index contributed by atoms with van der Waals surface area (Å²) in [6.45, 7) is 1.57. The first kappa shape index (κ1) is 12.7. The first-order valence-electron chi connectivity index (χ1n) is 5.22. The lowest BCUT2D eigenvalue weighted by molar-refractivity contribution is -0.141. The topological polar surface area (TPSA) is 83.5 Å². The number of benzene rings is 1. The number of carbonyl (C=O) groups is 1. The van der Waals surface area contributed by atoms with Crippen molar-refractivity contribution in [2.45, 2.75) is 25.5 Å². The highest BCUT2D eigenvalue weighted by Gasteiger charge is 2.28. The van der Waals surface area contributed by atoms with Gasteiger partial charge in [0.2, 0.25) is 0 Å². The van der Waals surface area contributed by atoms with Crippen molar-refractivity contribution >= 4 is 5.97 Å². The molecule has 0 spiro atoms. The summed E-state index contributed by atoms with van der Waals surface area (Å²) in [7, 11) is 0. The van der Waals surface area contributed by atoms with Crippen LogP contribution in [0.25, 0.3) is 0 Å². The number of aliphatic hydroxyl groups excluding tert-OH is 1. The van der Waals surface area contributed by atoms with Gasteiger partial charge in [0, 0.05) is 5.92 Å². The van der Waals surface area contributed by atoms with Crippen LogP contribution in [0, 0.1) is 5.92 Å². The van der Waals surface area contributed by atoms with Gasteiger partial charge < -0.3 is 15.9 Å². The second-order valence-electron chi connectivity index (χ2n) is 3.96. The Bertz CT molecular complexity index is 337. The molecule has 0 aliphatic rings. The van der Waals surface area contributed by atoms with E-state index < -0.39 is 24.0 Å². The molecule has 3 atom stereocenters. The van der Waals surface area contributed by atoms with Gasteiger partial charge in [0.05, 0.1) is 6.10 Å². The Morgan fingerprint density at radius 2 is 1.94 bits per heavy atom. The van der Waals surface area contributed by atoms with Crippen LogP contribution in [0.5, 0.6) is 0 Å². The maximum Gasteiger partial charge on any atom is 0.320 e. The normalized spacial score (nSPS) is 16.4. The van der Waals surface area contributed by atoms with Gasteiger partial charge in [0.15, 0.2) is 0 Å². The highest BCUT2D eigenvalue weighted by Crippen LogP contribution is 2.15. The largest absolute Gasteiger partial charge is 0.480 e. The van der Waals surface area contributed by atoms with E-state index in [0.717, 1.165) is 5.56 Å². The number of nitrogens with two attached hydrogens (primary N) is 1. The Balaban J connectivity index is 2.77. The molecule has 0 aliphatic carbocycles. The lowest BCUT2D eigenvalue weighted by atomic mass is 9.88. The van der Waals surface area contributed by atoms with Gasteiger partial charge in [-0.05, 0) is 18.9 Å². The monoisotopic (exact) mass is 223 g/mol. The minimum Gasteiger partial charge on any atom is -0.480 e. The van der Waals surface area contributed by atoms with Gasteiger partial charge in [-0.15, -0.1) is 0 Å². The number of carboxylic acids is 1. The maximum absolute atomic E-state index is 10.8. The van der Waals surface area contributed by atoms with Crippen LogP contribution in [-0.4, -0.2) is 28.3 Å².